The number of benzene rings is 2. The molecule has 3 rings (SSSR count). The fraction of sp³-hybridized carbons (Fsp3) is 0.182. The molecule has 2 N–H and O–H groups in total. The van der Waals surface area contributed by atoms with E-state index in [9.17, 15) is 18.4 Å². The molecule has 2 atom stereocenters. The second-order valence-corrected chi connectivity index (χ2v) is 8.03. The molecule has 150 valence electrons. The summed E-state index contributed by atoms with van der Waals surface area (Å²) in [5, 5.41) is 0. The van der Waals surface area contributed by atoms with Crippen LogP contribution in [-0.4, -0.2) is 16.7 Å². The van der Waals surface area contributed by atoms with Gasteiger partial charge in [-0.2, -0.15) is 0 Å². The van der Waals surface area contributed by atoms with E-state index in [0.29, 0.717) is 10.4 Å². The van der Waals surface area contributed by atoms with Crippen molar-refractivity contribution in [2.24, 2.45) is 5.73 Å². The maximum Gasteiger partial charge on any atom is 0.255 e. The Morgan fingerprint density at radius 2 is 1.62 bits per heavy atom. The van der Waals surface area contributed by atoms with Crippen LogP contribution < -0.4 is 5.73 Å². The fourth-order valence-corrected chi connectivity index (χ4v) is 4.22. The van der Waals surface area contributed by atoms with Crippen molar-refractivity contribution in [3.05, 3.63) is 93.2 Å². The lowest BCUT2D eigenvalue weighted by molar-refractivity contribution is -0.123. The molecule has 0 radical (unpaired) electrons. The molecule has 1 heterocycles. The Balaban J connectivity index is 2.14. The largest absolute Gasteiger partial charge is 0.368 e. The molecule has 29 heavy (non-hydrogen) atoms. The van der Waals surface area contributed by atoms with Crippen LogP contribution in [0.2, 0.25) is 0 Å². The lowest BCUT2D eigenvalue weighted by Crippen LogP contribution is -2.43. The number of amides is 2. The van der Waals surface area contributed by atoms with Gasteiger partial charge in [-0.15, -0.1) is 11.3 Å². The molecular weight excluding hydrogens is 394 g/mol. The predicted molar refractivity (Wildman–Crippen MR) is 108 cm³/mol. The van der Waals surface area contributed by atoms with E-state index in [1.54, 1.807) is 43.3 Å². The second-order valence-electron chi connectivity index (χ2n) is 6.71. The van der Waals surface area contributed by atoms with Crippen LogP contribution in [0.15, 0.2) is 60.7 Å². The van der Waals surface area contributed by atoms with Crippen molar-refractivity contribution < 1.29 is 18.4 Å². The summed E-state index contributed by atoms with van der Waals surface area (Å²) in [6, 6.07) is 13.1. The molecule has 0 spiro atoms. The Bertz CT molecular complexity index is 1020. The minimum atomic E-state index is -1.08. The summed E-state index contributed by atoms with van der Waals surface area (Å²) in [5.74, 6) is -2.71. The third-order valence-corrected chi connectivity index (χ3v) is 5.67. The zero-order chi connectivity index (χ0) is 21.1. The van der Waals surface area contributed by atoms with Crippen molar-refractivity contribution in [3.63, 3.8) is 0 Å². The number of nitrogens with zero attached hydrogens (tertiary/aromatic N) is 1. The van der Waals surface area contributed by atoms with Gasteiger partial charge in [-0.25, -0.2) is 8.78 Å². The number of carbonyl (C=O) groups excluding carboxylic acids is 2. The number of primary amides is 1. The topological polar surface area (TPSA) is 63.4 Å². The smallest absolute Gasteiger partial charge is 0.255 e. The molecule has 0 saturated carbocycles. The lowest BCUT2D eigenvalue weighted by Gasteiger charge is -2.35. The third-order valence-electron chi connectivity index (χ3n) is 4.62. The minimum absolute atomic E-state index is 0.228. The standard InChI is InChI=1S/C22H20F2N2O2S/c1-13-8-9-19(29-13)20(21(25)27)26(22(28)15-6-4-3-5-7-15)14(2)16-10-17(23)12-18(24)11-16/h3-12,14,20H,1-2H3,(H2,25,27)/t14-,20-/m1/s1. The highest BCUT2D eigenvalue weighted by molar-refractivity contribution is 7.12. The van der Waals surface area contributed by atoms with Gasteiger partial charge in [0, 0.05) is 21.4 Å². The Morgan fingerprint density at radius 3 is 2.14 bits per heavy atom. The summed E-state index contributed by atoms with van der Waals surface area (Å²) in [7, 11) is 0. The van der Waals surface area contributed by atoms with Gasteiger partial charge in [0.2, 0.25) is 5.91 Å². The first-order valence-corrected chi connectivity index (χ1v) is 9.79. The summed E-state index contributed by atoms with van der Waals surface area (Å²) in [6.45, 7) is 3.49. The van der Waals surface area contributed by atoms with E-state index >= 15 is 0 Å². The Kier molecular flexibility index (Phi) is 6.08. The molecule has 0 unspecified atom stereocenters. The van der Waals surface area contributed by atoms with Crippen molar-refractivity contribution in [2.75, 3.05) is 0 Å². The average molecular weight is 414 g/mol. The van der Waals surface area contributed by atoms with Gasteiger partial charge in [0.05, 0.1) is 6.04 Å². The Labute approximate surface area is 171 Å². The zero-order valence-corrected chi connectivity index (χ0v) is 16.7. The van der Waals surface area contributed by atoms with Crippen molar-refractivity contribution >= 4 is 23.2 Å². The molecule has 2 amide bonds. The van der Waals surface area contributed by atoms with Gasteiger partial charge in [-0.3, -0.25) is 9.59 Å². The monoisotopic (exact) mass is 414 g/mol. The summed E-state index contributed by atoms with van der Waals surface area (Å²) in [6.07, 6.45) is 0. The second kappa shape index (κ2) is 8.53. The number of hydrogen-bond acceptors (Lipinski definition) is 3. The zero-order valence-electron chi connectivity index (χ0n) is 15.9. The normalized spacial score (nSPS) is 13.0. The van der Waals surface area contributed by atoms with Crippen molar-refractivity contribution in [1.82, 2.24) is 4.90 Å². The molecule has 4 nitrogen and oxygen atoms in total. The van der Waals surface area contributed by atoms with Gasteiger partial charge >= 0.3 is 0 Å². The molecule has 0 saturated heterocycles. The molecule has 0 aliphatic rings. The molecule has 2 aromatic carbocycles. The fourth-order valence-electron chi connectivity index (χ4n) is 3.24. The summed E-state index contributed by atoms with van der Waals surface area (Å²) >= 11 is 1.34. The van der Waals surface area contributed by atoms with Gasteiger partial charge in [0.1, 0.15) is 17.7 Å². The van der Waals surface area contributed by atoms with Crippen molar-refractivity contribution in [1.29, 1.82) is 0 Å². The Morgan fingerprint density at radius 1 is 1.00 bits per heavy atom. The van der Waals surface area contributed by atoms with Gasteiger partial charge < -0.3 is 10.6 Å². The van der Waals surface area contributed by atoms with E-state index in [2.05, 4.69) is 0 Å². The maximum atomic E-state index is 13.8. The molecule has 0 fully saturated rings. The van der Waals surface area contributed by atoms with Crippen LogP contribution in [0, 0.1) is 18.6 Å². The number of nitrogens with two attached hydrogens (primary N) is 1. The molecular formula is C22H20F2N2O2S. The molecule has 7 heteroatoms. The maximum absolute atomic E-state index is 13.8. The number of hydrogen-bond donors (Lipinski definition) is 1. The van der Waals surface area contributed by atoms with Crippen LogP contribution in [0.1, 0.15) is 44.7 Å². The van der Waals surface area contributed by atoms with E-state index in [1.807, 2.05) is 13.0 Å². The third kappa shape index (κ3) is 4.51. The van der Waals surface area contributed by atoms with Crippen LogP contribution in [0.4, 0.5) is 8.78 Å². The van der Waals surface area contributed by atoms with E-state index in [0.717, 1.165) is 23.1 Å². The van der Waals surface area contributed by atoms with E-state index in [1.165, 1.54) is 16.2 Å². The number of thiophene rings is 1. The first-order chi connectivity index (χ1) is 13.8. The van der Waals surface area contributed by atoms with E-state index in [4.69, 9.17) is 5.73 Å². The average Bonchev–Trinajstić information content (AvgIpc) is 3.10. The SMILES string of the molecule is Cc1ccc([C@H](C(N)=O)N(C(=O)c2ccccc2)[C@H](C)c2cc(F)cc(F)c2)s1. The Hall–Kier alpha value is -3.06. The highest BCUT2D eigenvalue weighted by Crippen LogP contribution is 2.35. The molecule has 1 aromatic heterocycles. The summed E-state index contributed by atoms with van der Waals surface area (Å²) in [5.41, 5.74) is 6.27. The van der Waals surface area contributed by atoms with Crippen LogP contribution in [0.25, 0.3) is 0 Å². The van der Waals surface area contributed by atoms with Gasteiger partial charge in [0.25, 0.3) is 5.91 Å². The quantitative estimate of drug-likeness (QED) is 0.632. The summed E-state index contributed by atoms with van der Waals surface area (Å²) in [4.78, 5) is 28.7. The van der Waals surface area contributed by atoms with Crippen molar-refractivity contribution in [3.8, 4) is 0 Å². The molecule has 3 aromatic rings. The highest BCUT2D eigenvalue weighted by atomic mass is 32.1. The highest BCUT2D eigenvalue weighted by Gasteiger charge is 2.35. The first-order valence-electron chi connectivity index (χ1n) is 8.97. The number of aryl methyl sites for hydroxylation is 1. The summed E-state index contributed by atoms with van der Waals surface area (Å²) < 4.78 is 27.7. The van der Waals surface area contributed by atoms with Gasteiger partial charge in [-0.05, 0) is 55.8 Å². The van der Waals surface area contributed by atoms with Gasteiger partial charge in [0.15, 0.2) is 0 Å². The van der Waals surface area contributed by atoms with Crippen LogP contribution in [0.5, 0.6) is 0 Å². The number of halogens is 2. The number of carbonyl (C=O) groups is 2. The van der Waals surface area contributed by atoms with E-state index < -0.39 is 35.5 Å². The van der Waals surface area contributed by atoms with Crippen LogP contribution in [0.3, 0.4) is 0 Å². The van der Waals surface area contributed by atoms with E-state index in [-0.39, 0.29) is 5.56 Å². The predicted octanol–water partition coefficient (Wildman–Crippen LogP) is 4.76. The number of rotatable bonds is 6. The van der Waals surface area contributed by atoms with Gasteiger partial charge in [-0.1, -0.05) is 18.2 Å². The molecule has 0 aliphatic carbocycles. The molecule has 0 bridgehead atoms. The van der Waals surface area contributed by atoms with Crippen LogP contribution in [-0.2, 0) is 4.79 Å². The first kappa shape index (κ1) is 20.7. The van der Waals surface area contributed by atoms with Crippen LogP contribution >= 0.6 is 11.3 Å². The molecule has 0 aliphatic heterocycles. The lowest BCUT2D eigenvalue weighted by atomic mass is 10.0. The minimum Gasteiger partial charge on any atom is -0.368 e. The van der Waals surface area contributed by atoms with Crippen molar-refractivity contribution in [2.45, 2.75) is 25.9 Å².